The van der Waals surface area contributed by atoms with Gasteiger partial charge < -0.3 is 30.8 Å². The fraction of sp³-hybridized carbons (Fsp3) is 0.667. The zero-order valence-corrected chi connectivity index (χ0v) is 9.96. The number of carboxylic acid groups (broad SMARTS) is 2. The Balaban J connectivity index is -0.0000000267. The molecule has 7 heteroatoms. The average Bonchev–Trinajstić information content (AvgIpc) is 1.89. The Bertz CT molecular complexity index is 102. The van der Waals surface area contributed by atoms with E-state index in [1.54, 1.807) is 0 Å². The third kappa shape index (κ3) is 73.1. The second kappa shape index (κ2) is 22.7. The van der Waals surface area contributed by atoms with E-state index in [1.807, 2.05) is 0 Å². The molecule has 0 aromatic carbocycles. The number of rotatable bonds is 2. The Morgan fingerprint density at radius 3 is 1.00 bits per heavy atom. The largest absolute Gasteiger partial charge is 2.00 e. The van der Waals surface area contributed by atoms with Crippen LogP contribution in [0.3, 0.4) is 0 Å². The van der Waals surface area contributed by atoms with Crippen molar-refractivity contribution in [2.75, 3.05) is 0 Å². The number of carbonyl (C=O) groups excluding carboxylic acids is 2. The van der Waals surface area contributed by atoms with Gasteiger partial charge in [-0.15, -0.1) is 0 Å². The van der Waals surface area contributed by atoms with Crippen molar-refractivity contribution in [3.63, 3.8) is 0 Å². The zero-order chi connectivity index (χ0) is 8.57. The number of aliphatic carboxylic acids is 2. The zero-order valence-electron chi connectivity index (χ0n) is 7.75. The van der Waals surface area contributed by atoms with Gasteiger partial charge in [-0.2, -0.15) is 0 Å². The van der Waals surface area contributed by atoms with Crippen molar-refractivity contribution in [1.29, 1.82) is 0 Å². The normalized spacial score (nSPS) is 5.69. The van der Waals surface area contributed by atoms with Crippen LogP contribution in [0.25, 0.3) is 0 Å². The molecule has 0 aliphatic rings. The van der Waals surface area contributed by atoms with E-state index in [1.165, 1.54) is 13.8 Å². The van der Waals surface area contributed by atoms with Crippen LogP contribution in [0.4, 0.5) is 0 Å². The molecule has 0 radical (unpaired) electrons. The molecular weight excluding hydrogens is 208 g/mol. The van der Waals surface area contributed by atoms with Gasteiger partial charge in [0.1, 0.15) is 0 Å². The van der Waals surface area contributed by atoms with Gasteiger partial charge in [0.25, 0.3) is 0 Å². The van der Waals surface area contributed by atoms with Gasteiger partial charge in [-0.25, -0.2) is 0 Å². The van der Waals surface area contributed by atoms with E-state index < -0.39 is 11.9 Å². The first-order valence-electron chi connectivity index (χ1n) is 2.94. The van der Waals surface area contributed by atoms with Crippen LogP contribution < -0.4 is 10.2 Å². The maximum atomic E-state index is 9.26. The molecule has 0 fully saturated rings. The van der Waals surface area contributed by atoms with Gasteiger partial charge in [0.15, 0.2) is 0 Å². The predicted octanol–water partition coefficient (Wildman–Crippen LogP) is -3.74. The Morgan fingerprint density at radius 1 is 0.923 bits per heavy atom. The topological polar surface area (TPSA) is 143 Å². The Hall–Kier alpha value is 0.120. The van der Waals surface area contributed by atoms with Gasteiger partial charge >= 0.3 is 37.7 Å². The molecule has 0 aromatic heterocycles. The summed E-state index contributed by atoms with van der Waals surface area (Å²) in [7, 11) is 0. The van der Waals surface area contributed by atoms with Crippen molar-refractivity contribution >= 4 is 49.7 Å². The first-order valence-corrected chi connectivity index (χ1v) is 2.94. The minimum Gasteiger partial charge on any atom is -0.550 e. The van der Waals surface area contributed by atoms with Crippen LogP contribution in [0.2, 0.25) is 0 Å². The third-order valence-corrected chi connectivity index (χ3v) is 0.577. The van der Waals surface area contributed by atoms with E-state index in [0.29, 0.717) is 0 Å². The average molecular weight is 222 g/mol. The van der Waals surface area contributed by atoms with Crippen LogP contribution in [-0.4, -0.2) is 60.6 Å². The fourth-order valence-corrected chi connectivity index (χ4v) is 0. The van der Waals surface area contributed by atoms with Crippen LogP contribution in [0, 0.1) is 0 Å². The van der Waals surface area contributed by atoms with Gasteiger partial charge in [0.05, 0.1) is 0 Å². The van der Waals surface area contributed by atoms with Crippen LogP contribution >= 0.6 is 0 Å². The summed E-state index contributed by atoms with van der Waals surface area (Å²) in [5, 5.41) is 18.5. The minimum absolute atomic E-state index is 0. The van der Waals surface area contributed by atoms with Crippen molar-refractivity contribution in [3.8, 4) is 0 Å². The summed E-state index contributed by atoms with van der Waals surface area (Å²) in [5.41, 5.74) is 0. The molecule has 13 heavy (non-hydrogen) atoms. The predicted molar refractivity (Wildman–Crippen MR) is 43.6 cm³/mol. The van der Waals surface area contributed by atoms with E-state index in [4.69, 9.17) is 0 Å². The molecule has 4 N–H and O–H groups in total. The first-order chi connectivity index (χ1) is 4.54. The second-order valence-corrected chi connectivity index (χ2v) is 1.45. The monoisotopic (exact) mass is 222 g/mol. The van der Waals surface area contributed by atoms with E-state index in [-0.39, 0.29) is 61.5 Å². The van der Waals surface area contributed by atoms with Crippen molar-refractivity contribution < 1.29 is 30.8 Å². The molecule has 76 valence electrons. The standard InChI is InChI=1S/2C3H6O2.Ca.2H2O/c2*1-2-3(4)5;;;/h2*2H2,1H3,(H,4,5);;2*1H2/q;;+2;;/p-2. The molecule has 0 aromatic rings. The Labute approximate surface area is 107 Å². The van der Waals surface area contributed by atoms with Crippen molar-refractivity contribution in [3.05, 3.63) is 0 Å². The van der Waals surface area contributed by atoms with E-state index in [9.17, 15) is 19.8 Å². The maximum absolute atomic E-state index is 9.26. The smallest absolute Gasteiger partial charge is 0.550 e. The summed E-state index contributed by atoms with van der Waals surface area (Å²) in [6.45, 7) is 3.07. The van der Waals surface area contributed by atoms with Gasteiger partial charge in [0, 0.05) is 11.9 Å². The number of carbonyl (C=O) groups is 2. The second-order valence-electron chi connectivity index (χ2n) is 1.45. The summed E-state index contributed by atoms with van der Waals surface area (Å²) in [5.74, 6) is -1.99. The molecule has 0 atom stereocenters. The molecule has 0 rings (SSSR count). The summed E-state index contributed by atoms with van der Waals surface area (Å²) in [6, 6.07) is 0. The van der Waals surface area contributed by atoms with Gasteiger partial charge in [0.2, 0.25) is 0 Å². The number of hydrogen-bond acceptors (Lipinski definition) is 4. The van der Waals surface area contributed by atoms with Crippen molar-refractivity contribution in [2.24, 2.45) is 0 Å². The Morgan fingerprint density at radius 2 is 1.00 bits per heavy atom. The fourth-order valence-electron chi connectivity index (χ4n) is 0. The van der Waals surface area contributed by atoms with Crippen molar-refractivity contribution in [2.45, 2.75) is 26.7 Å². The van der Waals surface area contributed by atoms with Gasteiger partial charge in [-0.05, 0) is 12.8 Å². The molecule has 0 spiro atoms. The van der Waals surface area contributed by atoms with E-state index in [2.05, 4.69) is 0 Å². The van der Waals surface area contributed by atoms with Crippen LogP contribution in [-0.2, 0) is 9.59 Å². The minimum atomic E-state index is -0.995. The summed E-state index contributed by atoms with van der Waals surface area (Å²) in [4.78, 5) is 18.5. The molecule has 0 heterocycles. The quantitative estimate of drug-likeness (QED) is 0.442. The first kappa shape index (κ1) is 29.2. The maximum Gasteiger partial charge on any atom is 2.00 e. The molecule has 0 bridgehead atoms. The summed E-state index contributed by atoms with van der Waals surface area (Å²) >= 11 is 0. The molecule has 0 saturated heterocycles. The van der Waals surface area contributed by atoms with E-state index in [0.717, 1.165) is 0 Å². The molecule has 6 nitrogen and oxygen atoms in total. The summed E-state index contributed by atoms with van der Waals surface area (Å²) < 4.78 is 0. The van der Waals surface area contributed by atoms with Gasteiger partial charge in [-0.1, -0.05) is 13.8 Å². The summed E-state index contributed by atoms with van der Waals surface area (Å²) in [6.07, 6.45) is 0.222. The van der Waals surface area contributed by atoms with Crippen LogP contribution in [0.1, 0.15) is 26.7 Å². The molecule has 0 aliphatic heterocycles. The molecule has 0 unspecified atom stereocenters. The van der Waals surface area contributed by atoms with Crippen LogP contribution in [0.15, 0.2) is 0 Å². The van der Waals surface area contributed by atoms with E-state index >= 15 is 0 Å². The number of hydrogen-bond donors (Lipinski definition) is 0. The van der Waals surface area contributed by atoms with Gasteiger partial charge in [-0.3, -0.25) is 0 Å². The molecule has 0 amide bonds. The third-order valence-electron chi connectivity index (χ3n) is 0.577. The molecule has 0 aliphatic carbocycles. The number of carboxylic acids is 2. The van der Waals surface area contributed by atoms with Crippen molar-refractivity contribution in [1.82, 2.24) is 0 Å². The van der Waals surface area contributed by atoms with Crippen LogP contribution in [0.5, 0.6) is 0 Å². The molecular formula is C6H14CaO6. The molecule has 0 saturated carbocycles. The Kier molecular flexibility index (Phi) is 51.1. The SMILES string of the molecule is CCC(=O)[O-].CCC(=O)[O-].O.O.[Ca+2].